The number of hydrogen-bond donors (Lipinski definition) is 0. The van der Waals surface area contributed by atoms with Crippen molar-refractivity contribution in [2.75, 3.05) is 6.54 Å². The first-order valence-electron chi connectivity index (χ1n) is 11.9. The van der Waals surface area contributed by atoms with Crippen molar-refractivity contribution in [2.24, 2.45) is 0 Å². The molecule has 4 rings (SSSR count). The molecule has 0 radical (unpaired) electrons. The van der Waals surface area contributed by atoms with Crippen LogP contribution in [0.2, 0.25) is 0 Å². The summed E-state index contributed by atoms with van der Waals surface area (Å²) in [5, 5.41) is 0.550. The number of carbonyl (C=O) groups is 1. The number of hydrogen-bond acceptors (Lipinski definition) is 4. The summed E-state index contributed by atoms with van der Waals surface area (Å²) in [5.41, 5.74) is 2.21. The number of nitrogens with zero attached hydrogens (tertiary/aromatic N) is 3. The number of benzene rings is 2. The Kier molecular flexibility index (Phi) is 7.26. The maximum atomic E-state index is 13.7. The Balaban J connectivity index is 1.86. The highest BCUT2D eigenvalue weighted by molar-refractivity contribution is 5.91. The monoisotopic (exact) mass is 457 g/mol. The Morgan fingerprint density at radius 1 is 1.03 bits per heavy atom. The van der Waals surface area contributed by atoms with E-state index in [0.717, 1.165) is 36.9 Å². The molecule has 1 amide bonds. The van der Waals surface area contributed by atoms with Crippen LogP contribution in [0.15, 0.2) is 76.1 Å². The summed E-state index contributed by atoms with van der Waals surface area (Å²) in [6.45, 7) is 6.62. The normalized spacial score (nSPS) is 12.1. The quantitative estimate of drug-likeness (QED) is 0.286. The number of furan rings is 1. The number of carbonyl (C=O) groups excluding carboxylic acids is 1. The van der Waals surface area contributed by atoms with E-state index in [0.29, 0.717) is 23.3 Å². The van der Waals surface area contributed by atoms with E-state index in [4.69, 9.17) is 9.40 Å². The first kappa shape index (κ1) is 23.5. The number of amides is 1. The molecule has 0 saturated carbocycles. The standard InChI is InChI=1S/C28H31N3O3/c1-4-5-6-11-18-30(28(33)25-17-12-19-34-25)21(3)26-29-23-15-9-8-14-22(23)27(32)31(26)24-16-10-7-13-20(24)2/h7-10,12-17,19,21H,4-6,11,18H2,1-3H3. The summed E-state index contributed by atoms with van der Waals surface area (Å²) < 4.78 is 7.10. The molecule has 0 aliphatic rings. The molecule has 1 unspecified atom stereocenters. The Labute approximate surface area is 199 Å². The molecular weight excluding hydrogens is 426 g/mol. The average Bonchev–Trinajstić information content (AvgIpc) is 3.39. The molecular formula is C28H31N3O3. The van der Waals surface area contributed by atoms with E-state index < -0.39 is 6.04 Å². The molecule has 0 saturated heterocycles. The van der Waals surface area contributed by atoms with Crippen LogP contribution in [0.5, 0.6) is 0 Å². The molecule has 1 atom stereocenters. The van der Waals surface area contributed by atoms with Crippen molar-refractivity contribution in [3.05, 3.63) is 94.4 Å². The van der Waals surface area contributed by atoms with Crippen LogP contribution < -0.4 is 5.56 Å². The van der Waals surface area contributed by atoms with Gasteiger partial charge in [0.15, 0.2) is 5.76 Å². The van der Waals surface area contributed by atoms with Gasteiger partial charge in [-0.05, 0) is 56.2 Å². The zero-order valence-electron chi connectivity index (χ0n) is 20.0. The molecule has 0 aliphatic carbocycles. The molecule has 0 fully saturated rings. The fourth-order valence-corrected chi connectivity index (χ4v) is 4.34. The lowest BCUT2D eigenvalue weighted by Gasteiger charge is -2.30. The number of para-hydroxylation sites is 2. The van der Waals surface area contributed by atoms with Gasteiger partial charge in [0.05, 0.1) is 28.9 Å². The maximum Gasteiger partial charge on any atom is 0.290 e. The summed E-state index contributed by atoms with van der Waals surface area (Å²) >= 11 is 0. The van der Waals surface area contributed by atoms with E-state index >= 15 is 0 Å². The van der Waals surface area contributed by atoms with Crippen LogP contribution >= 0.6 is 0 Å². The van der Waals surface area contributed by atoms with Crippen molar-refractivity contribution in [1.82, 2.24) is 14.5 Å². The number of aromatic nitrogens is 2. The molecule has 0 aliphatic heterocycles. The largest absolute Gasteiger partial charge is 0.459 e. The average molecular weight is 458 g/mol. The molecule has 2 heterocycles. The van der Waals surface area contributed by atoms with Gasteiger partial charge in [0.2, 0.25) is 0 Å². The molecule has 0 spiro atoms. The Morgan fingerprint density at radius 3 is 2.53 bits per heavy atom. The zero-order valence-corrected chi connectivity index (χ0v) is 20.0. The van der Waals surface area contributed by atoms with E-state index in [1.165, 1.54) is 6.26 Å². The lowest BCUT2D eigenvalue weighted by molar-refractivity contribution is 0.0644. The second kappa shape index (κ2) is 10.5. The van der Waals surface area contributed by atoms with Gasteiger partial charge in [-0.25, -0.2) is 4.98 Å². The van der Waals surface area contributed by atoms with Gasteiger partial charge in [-0.2, -0.15) is 0 Å². The van der Waals surface area contributed by atoms with Gasteiger partial charge in [0, 0.05) is 6.54 Å². The van der Waals surface area contributed by atoms with E-state index in [-0.39, 0.29) is 17.2 Å². The highest BCUT2D eigenvalue weighted by Crippen LogP contribution is 2.26. The Bertz CT molecular complexity index is 1320. The summed E-state index contributed by atoms with van der Waals surface area (Å²) in [6, 6.07) is 18.0. The molecule has 2 aromatic carbocycles. The van der Waals surface area contributed by atoms with Gasteiger partial charge in [0.25, 0.3) is 11.5 Å². The minimum atomic E-state index is -0.448. The van der Waals surface area contributed by atoms with Crippen LogP contribution in [0.3, 0.4) is 0 Å². The number of fused-ring (bicyclic) bond motifs is 1. The Hall–Kier alpha value is -3.67. The summed E-state index contributed by atoms with van der Waals surface area (Å²) in [7, 11) is 0. The van der Waals surface area contributed by atoms with Crippen LogP contribution in [0.25, 0.3) is 16.6 Å². The predicted octanol–water partition coefficient (Wildman–Crippen LogP) is 6.07. The van der Waals surface area contributed by atoms with Crippen molar-refractivity contribution < 1.29 is 9.21 Å². The van der Waals surface area contributed by atoms with Crippen molar-refractivity contribution in [2.45, 2.75) is 52.5 Å². The molecule has 34 heavy (non-hydrogen) atoms. The minimum Gasteiger partial charge on any atom is -0.459 e. The molecule has 4 aromatic rings. The highest BCUT2D eigenvalue weighted by Gasteiger charge is 2.28. The van der Waals surface area contributed by atoms with Crippen molar-refractivity contribution in [3.63, 3.8) is 0 Å². The molecule has 6 heteroatoms. The summed E-state index contributed by atoms with van der Waals surface area (Å²) in [4.78, 5) is 33.9. The van der Waals surface area contributed by atoms with Crippen LogP contribution in [0, 0.1) is 6.92 Å². The summed E-state index contributed by atoms with van der Waals surface area (Å²) in [6.07, 6.45) is 5.62. The van der Waals surface area contributed by atoms with Gasteiger partial charge in [-0.3, -0.25) is 14.2 Å². The van der Waals surface area contributed by atoms with Crippen LogP contribution in [0.1, 0.15) is 67.5 Å². The van der Waals surface area contributed by atoms with E-state index in [9.17, 15) is 9.59 Å². The lowest BCUT2D eigenvalue weighted by atomic mass is 10.1. The molecule has 2 aromatic heterocycles. The fourth-order valence-electron chi connectivity index (χ4n) is 4.34. The maximum absolute atomic E-state index is 13.7. The third-order valence-electron chi connectivity index (χ3n) is 6.24. The Morgan fingerprint density at radius 2 is 1.79 bits per heavy atom. The van der Waals surface area contributed by atoms with Gasteiger partial charge in [-0.15, -0.1) is 0 Å². The lowest BCUT2D eigenvalue weighted by Crippen LogP contribution is -2.38. The van der Waals surface area contributed by atoms with Gasteiger partial charge in [0.1, 0.15) is 5.82 Å². The zero-order chi connectivity index (χ0) is 24.1. The van der Waals surface area contributed by atoms with Crippen LogP contribution in [0.4, 0.5) is 0 Å². The predicted molar refractivity (Wildman–Crippen MR) is 134 cm³/mol. The molecule has 0 bridgehead atoms. The van der Waals surface area contributed by atoms with Crippen molar-refractivity contribution in [1.29, 1.82) is 0 Å². The smallest absolute Gasteiger partial charge is 0.290 e. The number of aryl methyl sites for hydroxylation is 1. The summed E-state index contributed by atoms with van der Waals surface area (Å²) in [5.74, 6) is 0.619. The minimum absolute atomic E-state index is 0.141. The first-order chi connectivity index (χ1) is 16.5. The van der Waals surface area contributed by atoms with E-state index in [1.54, 1.807) is 27.7 Å². The van der Waals surface area contributed by atoms with Gasteiger partial charge in [-0.1, -0.05) is 56.5 Å². The topological polar surface area (TPSA) is 68.3 Å². The SMILES string of the molecule is CCCCCCN(C(=O)c1ccco1)C(C)c1nc2ccccc2c(=O)n1-c1ccccc1C. The molecule has 0 N–H and O–H groups in total. The van der Waals surface area contributed by atoms with Crippen molar-refractivity contribution >= 4 is 16.8 Å². The van der Waals surface area contributed by atoms with Gasteiger partial charge >= 0.3 is 0 Å². The van der Waals surface area contributed by atoms with Crippen LogP contribution in [-0.2, 0) is 0 Å². The highest BCUT2D eigenvalue weighted by atomic mass is 16.3. The third-order valence-corrected chi connectivity index (χ3v) is 6.24. The molecule has 176 valence electrons. The van der Waals surface area contributed by atoms with E-state index in [2.05, 4.69) is 6.92 Å². The first-order valence-corrected chi connectivity index (χ1v) is 11.9. The second-order valence-electron chi connectivity index (χ2n) is 8.63. The van der Waals surface area contributed by atoms with Crippen LogP contribution in [-0.4, -0.2) is 26.9 Å². The van der Waals surface area contributed by atoms with Gasteiger partial charge < -0.3 is 9.32 Å². The van der Waals surface area contributed by atoms with E-state index in [1.807, 2.05) is 56.3 Å². The number of unbranched alkanes of at least 4 members (excludes halogenated alkanes) is 3. The van der Waals surface area contributed by atoms with Crippen molar-refractivity contribution in [3.8, 4) is 5.69 Å². The third kappa shape index (κ3) is 4.67. The fraction of sp³-hybridized carbons (Fsp3) is 0.321. The second-order valence-corrected chi connectivity index (χ2v) is 8.63. The molecule has 6 nitrogen and oxygen atoms in total. The number of rotatable bonds is 9.